The molecule has 0 bridgehead atoms. The molecule has 2 heteroatoms. The van der Waals surface area contributed by atoms with Crippen LogP contribution in [0.4, 0.5) is 0 Å². The summed E-state index contributed by atoms with van der Waals surface area (Å²) in [5.74, 6) is 2.86. The van der Waals surface area contributed by atoms with Gasteiger partial charge in [0.1, 0.15) is 0 Å². The summed E-state index contributed by atoms with van der Waals surface area (Å²) < 4.78 is 0. The maximum absolute atomic E-state index is 3.27. The van der Waals surface area contributed by atoms with Crippen LogP contribution in [0.1, 0.15) is 60.8 Å². The van der Waals surface area contributed by atoms with Crippen LogP contribution < -0.4 is 5.32 Å². The van der Waals surface area contributed by atoms with Crippen LogP contribution in [-0.2, 0) is 6.42 Å². The van der Waals surface area contributed by atoms with Crippen LogP contribution >= 0.6 is 11.8 Å². The molecule has 2 aliphatic rings. The van der Waals surface area contributed by atoms with Gasteiger partial charge < -0.3 is 5.32 Å². The molecule has 1 fully saturated rings. The van der Waals surface area contributed by atoms with Crippen LogP contribution in [0.2, 0.25) is 0 Å². The Kier molecular flexibility index (Phi) is 5.66. The van der Waals surface area contributed by atoms with Gasteiger partial charge in [-0.3, -0.25) is 0 Å². The minimum Gasteiger partial charge on any atom is -0.320 e. The van der Waals surface area contributed by atoms with Gasteiger partial charge in [-0.1, -0.05) is 50.2 Å². The Morgan fingerprint density at radius 2 is 1.59 bits per heavy atom. The molecule has 5 unspecified atom stereocenters. The predicted octanol–water partition coefficient (Wildman–Crippen LogP) is 6.16. The normalized spacial score (nSPS) is 29.0. The van der Waals surface area contributed by atoms with Crippen molar-refractivity contribution in [2.75, 3.05) is 13.6 Å². The summed E-state index contributed by atoms with van der Waals surface area (Å²) in [6, 6.07) is 16.2. The van der Waals surface area contributed by atoms with Gasteiger partial charge >= 0.3 is 0 Å². The molecule has 1 aliphatic carbocycles. The Hall–Kier alpha value is -1.25. The van der Waals surface area contributed by atoms with Crippen molar-refractivity contribution in [3.05, 3.63) is 64.7 Å². The summed E-state index contributed by atoms with van der Waals surface area (Å²) in [5.41, 5.74) is 6.35. The third kappa shape index (κ3) is 3.36. The zero-order chi connectivity index (χ0) is 19.0. The van der Waals surface area contributed by atoms with Crippen LogP contribution in [0, 0.1) is 18.8 Å². The molecule has 5 atom stereocenters. The van der Waals surface area contributed by atoms with E-state index in [0.717, 1.165) is 18.4 Å². The fourth-order valence-electron chi connectivity index (χ4n) is 5.51. The third-order valence-corrected chi connectivity index (χ3v) is 8.67. The minimum atomic E-state index is 0.666. The number of fused-ring (bicyclic) bond motifs is 3. The monoisotopic (exact) mass is 379 g/mol. The van der Waals surface area contributed by atoms with Gasteiger partial charge in [-0.25, -0.2) is 0 Å². The summed E-state index contributed by atoms with van der Waals surface area (Å²) in [5, 5.41) is 3.97. The molecule has 0 aromatic heterocycles. The fraction of sp³-hybridized carbons (Fsp3) is 0.520. The quantitative estimate of drug-likeness (QED) is 0.603. The summed E-state index contributed by atoms with van der Waals surface area (Å²) in [4.78, 5) is 1.53. The number of hydrogen-bond donors (Lipinski definition) is 1. The maximum Gasteiger partial charge on any atom is 0.0238 e. The van der Waals surface area contributed by atoms with Crippen molar-refractivity contribution in [2.24, 2.45) is 11.8 Å². The molecule has 0 spiro atoms. The highest BCUT2D eigenvalue weighted by molar-refractivity contribution is 8.00. The van der Waals surface area contributed by atoms with Crippen LogP contribution in [0.3, 0.4) is 0 Å². The van der Waals surface area contributed by atoms with E-state index in [1.807, 2.05) is 7.05 Å². The molecule has 1 nitrogen and oxygen atoms in total. The highest BCUT2D eigenvalue weighted by Crippen LogP contribution is 2.63. The highest BCUT2D eigenvalue weighted by Gasteiger charge is 2.51. The Morgan fingerprint density at radius 3 is 2.37 bits per heavy atom. The van der Waals surface area contributed by atoms with E-state index in [4.69, 9.17) is 0 Å². The number of nitrogens with one attached hydrogen (secondary N) is 1. The zero-order valence-electron chi connectivity index (χ0n) is 17.2. The van der Waals surface area contributed by atoms with Gasteiger partial charge in [0.2, 0.25) is 0 Å². The molecule has 2 aromatic carbocycles. The van der Waals surface area contributed by atoms with Gasteiger partial charge in [-0.05, 0) is 85.9 Å². The van der Waals surface area contributed by atoms with Crippen molar-refractivity contribution >= 4 is 11.8 Å². The topological polar surface area (TPSA) is 12.0 Å². The average Bonchev–Trinajstić information content (AvgIpc) is 3.16. The van der Waals surface area contributed by atoms with Crippen molar-refractivity contribution < 1.29 is 0 Å². The van der Waals surface area contributed by atoms with Crippen LogP contribution in [-0.4, -0.2) is 18.8 Å². The molecular weight excluding hydrogens is 346 g/mol. The van der Waals surface area contributed by atoms with Crippen molar-refractivity contribution in [3.8, 4) is 0 Å². The smallest absolute Gasteiger partial charge is 0.0238 e. The molecule has 1 saturated carbocycles. The largest absolute Gasteiger partial charge is 0.320 e. The van der Waals surface area contributed by atoms with E-state index >= 15 is 0 Å². The molecular formula is C25H33NS. The molecule has 0 radical (unpaired) electrons. The molecule has 4 rings (SSSR count). The van der Waals surface area contributed by atoms with Gasteiger partial charge in [0.05, 0.1) is 0 Å². The van der Waals surface area contributed by atoms with E-state index in [2.05, 4.69) is 80.3 Å². The Labute approximate surface area is 169 Å². The number of hydrogen-bond acceptors (Lipinski definition) is 2. The second-order valence-electron chi connectivity index (χ2n) is 8.58. The van der Waals surface area contributed by atoms with Gasteiger partial charge in [0, 0.05) is 16.1 Å². The van der Waals surface area contributed by atoms with E-state index in [0.29, 0.717) is 17.1 Å². The minimum absolute atomic E-state index is 0.666. The second kappa shape index (κ2) is 8.01. The van der Waals surface area contributed by atoms with Crippen LogP contribution in [0.25, 0.3) is 0 Å². The lowest BCUT2D eigenvalue weighted by Gasteiger charge is -2.26. The first-order valence-electron chi connectivity index (χ1n) is 10.6. The summed E-state index contributed by atoms with van der Waals surface area (Å²) in [7, 11) is 2.04. The average molecular weight is 380 g/mol. The van der Waals surface area contributed by atoms with Gasteiger partial charge in [0.15, 0.2) is 0 Å². The number of aryl methyl sites for hydroxylation is 1. The Bertz CT molecular complexity index is 799. The van der Waals surface area contributed by atoms with Crippen molar-refractivity contribution in [3.63, 3.8) is 0 Å². The van der Waals surface area contributed by atoms with Gasteiger partial charge in [-0.2, -0.15) is 0 Å². The van der Waals surface area contributed by atoms with Gasteiger partial charge in [0.25, 0.3) is 0 Å². The lowest BCUT2D eigenvalue weighted by atomic mass is 9.83. The fourth-order valence-corrected chi connectivity index (χ4v) is 7.38. The van der Waals surface area contributed by atoms with E-state index in [-0.39, 0.29) is 0 Å². The SMILES string of the molecule is CNCCCCc1cccc(C2C(C)C(C)C3c4ccccc4SC32)c1C. The summed E-state index contributed by atoms with van der Waals surface area (Å²) in [6.07, 6.45) is 3.74. The number of benzene rings is 2. The lowest BCUT2D eigenvalue weighted by molar-refractivity contribution is 0.400. The highest BCUT2D eigenvalue weighted by atomic mass is 32.2. The summed E-state index contributed by atoms with van der Waals surface area (Å²) in [6.45, 7) is 8.48. The first-order valence-corrected chi connectivity index (χ1v) is 11.5. The van der Waals surface area contributed by atoms with Crippen molar-refractivity contribution in [1.82, 2.24) is 5.32 Å². The second-order valence-corrected chi connectivity index (χ2v) is 9.80. The van der Waals surface area contributed by atoms with Crippen LogP contribution in [0.15, 0.2) is 47.4 Å². The lowest BCUT2D eigenvalue weighted by Crippen LogP contribution is -2.16. The molecule has 1 aliphatic heterocycles. The molecule has 2 aromatic rings. The van der Waals surface area contributed by atoms with Gasteiger partial charge in [-0.15, -0.1) is 11.8 Å². The Morgan fingerprint density at radius 1 is 0.889 bits per heavy atom. The molecule has 0 saturated heterocycles. The van der Waals surface area contributed by atoms with Crippen LogP contribution in [0.5, 0.6) is 0 Å². The first-order chi connectivity index (χ1) is 13.1. The number of thioether (sulfide) groups is 1. The molecule has 144 valence electrons. The van der Waals surface area contributed by atoms with Crippen molar-refractivity contribution in [2.45, 2.75) is 62.0 Å². The van der Waals surface area contributed by atoms with E-state index < -0.39 is 0 Å². The van der Waals surface area contributed by atoms with E-state index in [9.17, 15) is 0 Å². The van der Waals surface area contributed by atoms with E-state index in [1.165, 1.54) is 24.2 Å². The summed E-state index contributed by atoms with van der Waals surface area (Å²) >= 11 is 2.15. The molecule has 1 N–H and O–H groups in total. The molecule has 0 amide bonds. The number of rotatable bonds is 6. The molecule has 1 heterocycles. The molecule has 27 heavy (non-hydrogen) atoms. The first kappa shape index (κ1) is 19.1. The third-order valence-electron chi connectivity index (χ3n) is 7.18. The Balaban J connectivity index is 1.62. The zero-order valence-corrected chi connectivity index (χ0v) is 18.0. The van der Waals surface area contributed by atoms with E-state index in [1.54, 1.807) is 22.3 Å². The predicted molar refractivity (Wildman–Crippen MR) is 118 cm³/mol. The maximum atomic E-state index is 3.27. The standard InChI is InChI=1S/C25H33NS/c1-16-17(2)24-21-12-5-6-14-22(21)27-25(24)23(16)20-13-9-11-19(18(20)3)10-7-8-15-26-4/h5-6,9,11-14,16-17,23-26H,7-8,10,15H2,1-4H3. The van der Waals surface area contributed by atoms with Crippen molar-refractivity contribution in [1.29, 1.82) is 0 Å². The number of unbranched alkanes of at least 4 members (excludes halogenated alkanes) is 1.